The highest BCUT2D eigenvalue weighted by Gasteiger charge is 2.14. The molecule has 0 saturated heterocycles. The van der Waals surface area contributed by atoms with E-state index in [2.05, 4.69) is 32.8 Å². The average molecular weight is 403 g/mol. The second-order valence-corrected chi connectivity index (χ2v) is 8.36. The normalized spacial score (nSPS) is 11.2. The summed E-state index contributed by atoms with van der Waals surface area (Å²) in [6.07, 6.45) is 0. The standard InChI is InChI=1S/C14H15BrN2O3S2/c1-3-20-11-4-6-12(7-5-11)22(18,19)17-16-10(2)13-8-9-14(15)21-13/h4-9,16-17H,2-3H2,1H3. The van der Waals surface area contributed by atoms with Gasteiger partial charge >= 0.3 is 0 Å². The molecule has 1 aromatic heterocycles. The van der Waals surface area contributed by atoms with Crippen molar-refractivity contribution in [3.8, 4) is 5.75 Å². The van der Waals surface area contributed by atoms with Crippen LogP contribution in [-0.2, 0) is 10.0 Å². The summed E-state index contributed by atoms with van der Waals surface area (Å²) in [6, 6.07) is 9.91. The monoisotopic (exact) mass is 402 g/mol. The number of sulfonamides is 1. The Labute approximate surface area is 142 Å². The summed E-state index contributed by atoms with van der Waals surface area (Å²) >= 11 is 4.80. The lowest BCUT2D eigenvalue weighted by molar-refractivity contribution is 0.340. The maximum atomic E-state index is 12.2. The summed E-state index contributed by atoms with van der Waals surface area (Å²) in [4.78, 5) is 3.28. The third-order valence-corrected chi connectivity index (χ3v) is 5.60. The van der Waals surface area contributed by atoms with Gasteiger partial charge in [0.25, 0.3) is 10.0 Å². The van der Waals surface area contributed by atoms with Gasteiger partial charge < -0.3 is 10.2 Å². The molecule has 118 valence electrons. The molecule has 0 spiro atoms. The van der Waals surface area contributed by atoms with Crippen molar-refractivity contribution in [2.75, 3.05) is 6.61 Å². The van der Waals surface area contributed by atoms with Gasteiger partial charge in [0.1, 0.15) is 5.75 Å². The van der Waals surface area contributed by atoms with Gasteiger partial charge in [0, 0.05) is 0 Å². The van der Waals surface area contributed by atoms with Crippen LogP contribution >= 0.6 is 27.3 Å². The molecular weight excluding hydrogens is 388 g/mol. The predicted molar refractivity (Wildman–Crippen MR) is 92.1 cm³/mol. The van der Waals surface area contributed by atoms with E-state index in [1.807, 2.05) is 19.1 Å². The molecule has 0 aliphatic rings. The van der Waals surface area contributed by atoms with Crippen molar-refractivity contribution in [2.45, 2.75) is 11.8 Å². The summed E-state index contributed by atoms with van der Waals surface area (Å²) in [5.74, 6) is 0.627. The van der Waals surface area contributed by atoms with Crippen molar-refractivity contribution in [3.63, 3.8) is 0 Å². The zero-order valence-corrected chi connectivity index (χ0v) is 15.0. The van der Waals surface area contributed by atoms with Crippen LogP contribution in [0.3, 0.4) is 0 Å². The first-order chi connectivity index (χ1) is 10.4. The maximum Gasteiger partial charge on any atom is 0.257 e. The van der Waals surface area contributed by atoms with E-state index in [0.717, 1.165) is 8.66 Å². The lowest BCUT2D eigenvalue weighted by atomic mass is 10.3. The molecule has 0 aliphatic carbocycles. The highest BCUT2D eigenvalue weighted by molar-refractivity contribution is 9.11. The van der Waals surface area contributed by atoms with Crippen LogP contribution in [0.1, 0.15) is 11.8 Å². The summed E-state index contributed by atoms with van der Waals surface area (Å²) in [7, 11) is -3.67. The van der Waals surface area contributed by atoms with Crippen molar-refractivity contribution < 1.29 is 13.2 Å². The molecule has 0 aliphatic heterocycles. The lowest BCUT2D eigenvalue weighted by Gasteiger charge is -2.11. The highest BCUT2D eigenvalue weighted by Crippen LogP contribution is 2.25. The molecule has 8 heteroatoms. The van der Waals surface area contributed by atoms with E-state index >= 15 is 0 Å². The minimum Gasteiger partial charge on any atom is -0.494 e. The van der Waals surface area contributed by atoms with E-state index in [1.54, 1.807) is 12.1 Å². The molecule has 0 fully saturated rings. The third-order valence-electron chi connectivity index (χ3n) is 2.65. The van der Waals surface area contributed by atoms with Crippen molar-refractivity contribution in [3.05, 3.63) is 51.6 Å². The number of rotatable bonds is 7. The first kappa shape index (κ1) is 17.0. The van der Waals surface area contributed by atoms with Gasteiger partial charge in [-0.2, -0.15) is 0 Å². The Hall–Kier alpha value is -1.35. The van der Waals surface area contributed by atoms with Gasteiger partial charge in [0.2, 0.25) is 0 Å². The summed E-state index contributed by atoms with van der Waals surface area (Å²) in [6.45, 7) is 6.20. The molecule has 0 atom stereocenters. The number of nitrogens with one attached hydrogen (secondary N) is 2. The van der Waals surface area contributed by atoms with Gasteiger partial charge in [-0.05, 0) is 59.3 Å². The van der Waals surface area contributed by atoms with E-state index in [0.29, 0.717) is 18.1 Å². The van der Waals surface area contributed by atoms with Crippen LogP contribution in [0, 0.1) is 0 Å². The summed E-state index contributed by atoms with van der Waals surface area (Å²) in [5, 5.41) is 0. The fraction of sp³-hybridized carbons (Fsp3) is 0.143. The van der Waals surface area contributed by atoms with E-state index in [-0.39, 0.29) is 4.90 Å². The third kappa shape index (κ3) is 4.33. The first-order valence-electron chi connectivity index (χ1n) is 6.37. The van der Waals surface area contributed by atoms with Crippen LogP contribution in [0.5, 0.6) is 5.75 Å². The van der Waals surface area contributed by atoms with Gasteiger partial charge in [-0.15, -0.1) is 16.2 Å². The van der Waals surface area contributed by atoms with Crippen LogP contribution in [0.15, 0.2) is 51.7 Å². The van der Waals surface area contributed by atoms with Crippen molar-refractivity contribution >= 4 is 43.0 Å². The number of ether oxygens (including phenoxy) is 1. The van der Waals surface area contributed by atoms with Crippen LogP contribution in [-0.4, -0.2) is 15.0 Å². The minimum atomic E-state index is -3.67. The number of hydrazine groups is 1. The van der Waals surface area contributed by atoms with E-state index in [9.17, 15) is 8.42 Å². The molecule has 5 nitrogen and oxygen atoms in total. The second kappa shape index (κ2) is 7.28. The molecule has 0 saturated carbocycles. The second-order valence-electron chi connectivity index (χ2n) is 4.22. The van der Waals surface area contributed by atoms with Crippen LogP contribution in [0.25, 0.3) is 5.70 Å². The Morgan fingerprint density at radius 1 is 1.27 bits per heavy atom. The Morgan fingerprint density at radius 2 is 1.95 bits per heavy atom. The minimum absolute atomic E-state index is 0.142. The van der Waals surface area contributed by atoms with Gasteiger partial charge in [-0.25, -0.2) is 8.42 Å². The molecule has 0 amide bonds. The molecule has 1 aromatic carbocycles. The Bertz CT molecular complexity index is 755. The maximum absolute atomic E-state index is 12.2. The summed E-state index contributed by atoms with van der Waals surface area (Å²) in [5.41, 5.74) is 3.09. The van der Waals surface area contributed by atoms with Gasteiger partial charge in [-0.1, -0.05) is 6.58 Å². The SMILES string of the molecule is C=C(NNS(=O)(=O)c1ccc(OCC)cc1)c1ccc(Br)s1. The number of hydrogen-bond acceptors (Lipinski definition) is 5. The quantitative estimate of drug-likeness (QED) is 0.696. The largest absolute Gasteiger partial charge is 0.494 e. The number of halogens is 1. The molecular formula is C14H15BrN2O3S2. The molecule has 2 aromatic rings. The Morgan fingerprint density at radius 3 is 2.50 bits per heavy atom. The van der Waals surface area contributed by atoms with Gasteiger partial charge in [0.05, 0.1) is 25.9 Å². The molecule has 2 N–H and O–H groups in total. The van der Waals surface area contributed by atoms with Crippen molar-refractivity contribution in [1.29, 1.82) is 0 Å². The molecule has 2 rings (SSSR count). The number of thiophene rings is 1. The average Bonchev–Trinajstić information content (AvgIpc) is 2.92. The summed E-state index contributed by atoms with van der Waals surface area (Å²) < 4.78 is 30.6. The van der Waals surface area contributed by atoms with Crippen molar-refractivity contribution in [2.24, 2.45) is 0 Å². The highest BCUT2D eigenvalue weighted by atomic mass is 79.9. The molecule has 1 heterocycles. The van der Waals surface area contributed by atoms with Crippen LogP contribution in [0.4, 0.5) is 0 Å². The topological polar surface area (TPSA) is 67.4 Å². The van der Waals surface area contributed by atoms with E-state index in [4.69, 9.17) is 4.74 Å². The van der Waals surface area contributed by atoms with Crippen LogP contribution in [0.2, 0.25) is 0 Å². The van der Waals surface area contributed by atoms with E-state index < -0.39 is 10.0 Å². The fourth-order valence-electron chi connectivity index (χ4n) is 1.61. The van der Waals surface area contributed by atoms with Gasteiger partial charge in [-0.3, -0.25) is 0 Å². The predicted octanol–water partition coefficient (Wildman–Crippen LogP) is 3.36. The smallest absolute Gasteiger partial charge is 0.257 e. The zero-order valence-electron chi connectivity index (χ0n) is 11.8. The number of benzene rings is 1. The molecule has 22 heavy (non-hydrogen) atoms. The molecule has 0 radical (unpaired) electrons. The lowest BCUT2D eigenvalue weighted by Crippen LogP contribution is -2.35. The fourth-order valence-corrected chi connectivity index (χ4v) is 3.79. The first-order valence-corrected chi connectivity index (χ1v) is 9.47. The van der Waals surface area contributed by atoms with E-state index in [1.165, 1.54) is 23.5 Å². The Balaban J connectivity index is 2.03. The molecule has 0 unspecified atom stereocenters. The van der Waals surface area contributed by atoms with Crippen LogP contribution < -0.4 is 15.0 Å². The zero-order chi connectivity index (χ0) is 16.2. The van der Waals surface area contributed by atoms with Gasteiger partial charge in [0.15, 0.2) is 0 Å². The van der Waals surface area contributed by atoms with Crippen molar-refractivity contribution in [1.82, 2.24) is 10.3 Å². The molecule has 0 bridgehead atoms. The Kier molecular flexibility index (Phi) is 5.63. The number of hydrogen-bond donors (Lipinski definition) is 2.